The van der Waals surface area contributed by atoms with Crippen molar-refractivity contribution in [1.29, 1.82) is 0 Å². The van der Waals surface area contributed by atoms with Crippen LogP contribution >= 0.6 is 34.8 Å². The third-order valence-corrected chi connectivity index (χ3v) is 3.54. The van der Waals surface area contributed by atoms with Gasteiger partial charge >= 0.3 is 0 Å². The van der Waals surface area contributed by atoms with E-state index in [1.54, 1.807) is 24.3 Å². The lowest BCUT2D eigenvalue weighted by molar-refractivity contribution is 0.141. The molecule has 0 aliphatic carbocycles. The molecule has 1 rings (SSSR count). The highest BCUT2D eigenvalue weighted by atomic mass is 35.6. The number of benzene rings is 1. The summed E-state index contributed by atoms with van der Waals surface area (Å²) in [6.45, 7) is 1.41. The molecule has 0 aromatic heterocycles. The Labute approximate surface area is 128 Å². The number of alkyl halides is 3. The van der Waals surface area contributed by atoms with E-state index in [0.29, 0.717) is 25.1 Å². The topological polar surface area (TPSA) is 43.7 Å². The van der Waals surface area contributed by atoms with Gasteiger partial charge in [-0.1, -0.05) is 59.1 Å². The highest BCUT2D eigenvalue weighted by molar-refractivity contribution is 6.66. The van der Waals surface area contributed by atoms with E-state index < -0.39 is 9.90 Å². The summed E-state index contributed by atoms with van der Waals surface area (Å²) in [6, 6.07) is 6.91. The van der Waals surface area contributed by atoms with E-state index in [9.17, 15) is 5.11 Å². The van der Waals surface area contributed by atoms with Crippen molar-refractivity contribution in [3.8, 4) is 0 Å². The summed E-state index contributed by atoms with van der Waals surface area (Å²) in [5.74, 6) is 0. The quantitative estimate of drug-likeness (QED) is 0.790. The van der Waals surface area contributed by atoms with E-state index in [1.807, 2.05) is 11.9 Å². The van der Waals surface area contributed by atoms with Gasteiger partial charge in [0.15, 0.2) is 0 Å². The van der Waals surface area contributed by atoms with Gasteiger partial charge < -0.3 is 15.1 Å². The molecule has 108 valence electrons. The number of aliphatic hydroxyl groups excluding tert-OH is 2. The summed E-state index contributed by atoms with van der Waals surface area (Å²) in [7, 11) is 1.90. The van der Waals surface area contributed by atoms with Gasteiger partial charge in [0.05, 0.1) is 12.7 Å². The van der Waals surface area contributed by atoms with Crippen LogP contribution in [0.3, 0.4) is 0 Å². The van der Waals surface area contributed by atoms with Gasteiger partial charge in [-0.25, -0.2) is 0 Å². The molecule has 1 unspecified atom stereocenters. The SMILES string of the molecule is CN(CCO)CCC(O)c1ccc(C(Cl)(Cl)Cl)cc1. The fourth-order valence-electron chi connectivity index (χ4n) is 1.69. The molecular formula is C13H18Cl3NO2. The van der Waals surface area contributed by atoms with Gasteiger partial charge in [-0.2, -0.15) is 0 Å². The summed E-state index contributed by atoms with van der Waals surface area (Å²) in [4.78, 5) is 1.96. The van der Waals surface area contributed by atoms with Crippen LogP contribution < -0.4 is 0 Å². The normalized spacial score (nSPS) is 13.8. The zero-order chi connectivity index (χ0) is 14.5. The Morgan fingerprint density at radius 1 is 1.16 bits per heavy atom. The van der Waals surface area contributed by atoms with Gasteiger partial charge in [-0.15, -0.1) is 0 Å². The fourth-order valence-corrected chi connectivity index (χ4v) is 2.06. The van der Waals surface area contributed by atoms with Crippen LogP contribution in [0.25, 0.3) is 0 Å². The van der Waals surface area contributed by atoms with E-state index in [1.165, 1.54) is 0 Å². The van der Waals surface area contributed by atoms with Crippen molar-refractivity contribution in [3.63, 3.8) is 0 Å². The first-order valence-corrected chi connectivity index (χ1v) is 7.12. The lowest BCUT2D eigenvalue weighted by Gasteiger charge is -2.18. The second-order valence-electron chi connectivity index (χ2n) is 4.45. The van der Waals surface area contributed by atoms with Gasteiger partial charge in [0.1, 0.15) is 0 Å². The molecule has 0 amide bonds. The monoisotopic (exact) mass is 325 g/mol. The number of halogens is 3. The molecule has 1 atom stereocenters. The van der Waals surface area contributed by atoms with Crippen LogP contribution in [0.5, 0.6) is 0 Å². The minimum absolute atomic E-state index is 0.116. The third kappa shape index (κ3) is 5.86. The van der Waals surface area contributed by atoms with Crippen LogP contribution in [0.15, 0.2) is 24.3 Å². The molecule has 3 nitrogen and oxygen atoms in total. The fraction of sp³-hybridized carbons (Fsp3) is 0.538. The maximum Gasteiger partial charge on any atom is 0.216 e. The highest BCUT2D eigenvalue weighted by Gasteiger charge is 2.22. The molecule has 0 radical (unpaired) electrons. The molecule has 0 saturated carbocycles. The minimum atomic E-state index is -1.44. The Kier molecular flexibility index (Phi) is 6.87. The van der Waals surface area contributed by atoms with E-state index in [0.717, 1.165) is 5.56 Å². The maximum atomic E-state index is 10.0. The van der Waals surface area contributed by atoms with Crippen molar-refractivity contribution in [2.24, 2.45) is 0 Å². The van der Waals surface area contributed by atoms with Crippen molar-refractivity contribution in [3.05, 3.63) is 35.4 Å². The smallest absolute Gasteiger partial charge is 0.216 e. The predicted molar refractivity (Wildman–Crippen MR) is 79.8 cm³/mol. The van der Waals surface area contributed by atoms with Gasteiger partial charge in [-0.05, 0) is 19.0 Å². The Morgan fingerprint density at radius 3 is 2.21 bits per heavy atom. The van der Waals surface area contributed by atoms with E-state index >= 15 is 0 Å². The Balaban J connectivity index is 2.56. The highest BCUT2D eigenvalue weighted by Crippen LogP contribution is 2.38. The van der Waals surface area contributed by atoms with Gasteiger partial charge in [0.2, 0.25) is 3.79 Å². The molecule has 2 N–H and O–H groups in total. The molecule has 19 heavy (non-hydrogen) atoms. The Bertz CT molecular complexity index is 378. The zero-order valence-corrected chi connectivity index (χ0v) is 13.0. The van der Waals surface area contributed by atoms with Crippen LogP contribution in [-0.4, -0.2) is 41.9 Å². The molecule has 0 bridgehead atoms. The second-order valence-corrected chi connectivity index (χ2v) is 6.73. The predicted octanol–water partition coefficient (Wildman–Crippen LogP) is 2.86. The summed E-state index contributed by atoms with van der Waals surface area (Å²) >= 11 is 17.3. The van der Waals surface area contributed by atoms with E-state index in [4.69, 9.17) is 39.9 Å². The summed E-state index contributed by atoms with van der Waals surface area (Å²) < 4.78 is -1.44. The lowest BCUT2D eigenvalue weighted by Crippen LogP contribution is -2.24. The van der Waals surface area contributed by atoms with Crippen molar-refractivity contribution in [2.75, 3.05) is 26.7 Å². The first-order valence-electron chi connectivity index (χ1n) is 5.99. The van der Waals surface area contributed by atoms with Crippen LogP contribution in [0.4, 0.5) is 0 Å². The van der Waals surface area contributed by atoms with Crippen LogP contribution in [0.2, 0.25) is 0 Å². The molecule has 0 heterocycles. The van der Waals surface area contributed by atoms with Crippen LogP contribution in [-0.2, 0) is 3.79 Å². The average molecular weight is 327 g/mol. The number of aliphatic hydroxyl groups is 2. The zero-order valence-electron chi connectivity index (χ0n) is 10.7. The Morgan fingerprint density at radius 2 is 1.74 bits per heavy atom. The van der Waals surface area contributed by atoms with Gasteiger partial charge in [0.25, 0.3) is 0 Å². The summed E-state index contributed by atoms with van der Waals surface area (Å²) in [5.41, 5.74) is 1.36. The number of likely N-dealkylation sites (N-methyl/N-ethyl adjacent to an activating group) is 1. The Hall–Kier alpha value is -0.0300. The first-order chi connectivity index (χ1) is 8.84. The van der Waals surface area contributed by atoms with Crippen molar-refractivity contribution < 1.29 is 10.2 Å². The molecule has 0 aliphatic rings. The number of hydrogen-bond acceptors (Lipinski definition) is 3. The van der Waals surface area contributed by atoms with Crippen LogP contribution in [0.1, 0.15) is 23.7 Å². The second kappa shape index (κ2) is 7.67. The first kappa shape index (κ1) is 17.0. The molecule has 1 aromatic rings. The maximum absolute atomic E-state index is 10.0. The van der Waals surface area contributed by atoms with Gasteiger partial charge in [-0.3, -0.25) is 0 Å². The van der Waals surface area contributed by atoms with E-state index in [-0.39, 0.29) is 6.61 Å². The minimum Gasteiger partial charge on any atom is -0.395 e. The van der Waals surface area contributed by atoms with Crippen molar-refractivity contribution in [2.45, 2.75) is 16.3 Å². The van der Waals surface area contributed by atoms with Crippen LogP contribution in [0, 0.1) is 0 Å². The molecule has 1 aromatic carbocycles. The molecule has 0 aliphatic heterocycles. The molecule has 6 heteroatoms. The summed E-state index contributed by atoms with van der Waals surface area (Å²) in [6.07, 6.45) is 0.0226. The number of hydrogen-bond donors (Lipinski definition) is 2. The number of rotatable bonds is 6. The summed E-state index contributed by atoms with van der Waals surface area (Å²) in [5, 5.41) is 18.8. The molecule has 0 saturated heterocycles. The number of nitrogens with zero attached hydrogens (tertiary/aromatic N) is 1. The average Bonchev–Trinajstić information content (AvgIpc) is 2.35. The van der Waals surface area contributed by atoms with Crippen molar-refractivity contribution in [1.82, 2.24) is 4.90 Å². The van der Waals surface area contributed by atoms with Crippen molar-refractivity contribution >= 4 is 34.8 Å². The third-order valence-electron chi connectivity index (χ3n) is 2.89. The molecule has 0 fully saturated rings. The molecular weight excluding hydrogens is 309 g/mol. The van der Waals surface area contributed by atoms with Gasteiger partial charge in [0, 0.05) is 18.7 Å². The largest absolute Gasteiger partial charge is 0.395 e. The standard InChI is InChI=1S/C13H18Cl3NO2/c1-17(8-9-18)7-6-12(19)10-2-4-11(5-3-10)13(14,15)16/h2-5,12,18-19H,6-9H2,1H3. The lowest BCUT2D eigenvalue weighted by atomic mass is 10.0. The molecule has 0 spiro atoms. The van der Waals surface area contributed by atoms with E-state index in [2.05, 4.69) is 0 Å².